The van der Waals surface area contributed by atoms with Crippen LogP contribution in [0.25, 0.3) is 0 Å². The number of sulfonamides is 1. The highest BCUT2D eigenvalue weighted by Crippen LogP contribution is 2.21. The molecule has 0 saturated carbocycles. The van der Waals surface area contributed by atoms with Crippen molar-refractivity contribution in [2.75, 3.05) is 17.1 Å². The molecular weight excluding hydrogens is 558 g/mol. The first-order valence-corrected chi connectivity index (χ1v) is 16.1. The van der Waals surface area contributed by atoms with Crippen LogP contribution in [-0.2, 0) is 32.6 Å². The molecule has 0 aromatic heterocycles. The molecular formula is C32H40ClN3O4S. The van der Waals surface area contributed by atoms with Crippen molar-refractivity contribution < 1.29 is 18.0 Å². The Bertz CT molecular complexity index is 1400. The average molecular weight is 598 g/mol. The van der Waals surface area contributed by atoms with Gasteiger partial charge in [-0.2, -0.15) is 0 Å². The molecule has 3 rings (SSSR count). The molecule has 0 bridgehead atoms. The predicted molar refractivity (Wildman–Crippen MR) is 166 cm³/mol. The number of benzene rings is 3. The van der Waals surface area contributed by atoms with Crippen molar-refractivity contribution in [3.05, 3.63) is 101 Å². The van der Waals surface area contributed by atoms with Gasteiger partial charge in [-0.3, -0.25) is 13.9 Å². The Hall–Kier alpha value is -3.36. The number of hydrogen-bond donors (Lipinski definition) is 1. The van der Waals surface area contributed by atoms with Crippen LogP contribution in [0.2, 0.25) is 5.02 Å². The summed E-state index contributed by atoms with van der Waals surface area (Å²) in [6.07, 6.45) is 2.62. The predicted octanol–water partition coefficient (Wildman–Crippen LogP) is 5.75. The Morgan fingerprint density at radius 2 is 1.61 bits per heavy atom. The first-order chi connectivity index (χ1) is 19.5. The van der Waals surface area contributed by atoms with Crippen LogP contribution in [0.15, 0.2) is 78.9 Å². The Kier molecular flexibility index (Phi) is 11.8. The first kappa shape index (κ1) is 32.2. The van der Waals surface area contributed by atoms with Gasteiger partial charge in [0, 0.05) is 37.0 Å². The summed E-state index contributed by atoms with van der Waals surface area (Å²) in [4.78, 5) is 29.1. The van der Waals surface area contributed by atoms with E-state index in [0.29, 0.717) is 17.1 Å². The lowest BCUT2D eigenvalue weighted by molar-refractivity contribution is -0.141. The normalized spacial score (nSPS) is 12.8. The molecule has 220 valence electrons. The molecule has 0 aliphatic rings. The molecule has 7 nitrogen and oxygen atoms in total. The van der Waals surface area contributed by atoms with E-state index < -0.39 is 16.1 Å². The van der Waals surface area contributed by atoms with Gasteiger partial charge >= 0.3 is 0 Å². The zero-order valence-electron chi connectivity index (χ0n) is 24.2. The molecule has 0 aliphatic carbocycles. The third-order valence-corrected chi connectivity index (χ3v) is 8.42. The molecule has 41 heavy (non-hydrogen) atoms. The lowest BCUT2D eigenvalue weighted by atomic mass is 10.0. The summed E-state index contributed by atoms with van der Waals surface area (Å²) in [5, 5.41) is 3.60. The van der Waals surface area contributed by atoms with E-state index in [1.165, 1.54) is 4.31 Å². The SMILES string of the molecule is CC[C@@H](C)NC(=O)[C@H](Cc1ccccc1)N(Cc1cccc(Cl)c1)C(=O)CCCN(c1ccc(C)cc1)S(C)(=O)=O. The minimum Gasteiger partial charge on any atom is -0.352 e. The smallest absolute Gasteiger partial charge is 0.243 e. The molecule has 0 fully saturated rings. The van der Waals surface area contributed by atoms with Gasteiger partial charge in [-0.1, -0.05) is 78.7 Å². The fraction of sp³-hybridized carbons (Fsp3) is 0.375. The van der Waals surface area contributed by atoms with E-state index in [2.05, 4.69) is 5.32 Å². The lowest BCUT2D eigenvalue weighted by Gasteiger charge is -2.32. The van der Waals surface area contributed by atoms with Gasteiger partial charge in [0.25, 0.3) is 0 Å². The number of carbonyl (C=O) groups is 2. The number of rotatable bonds is 14. The molecule has 0 unspecified atom stereocenters. The summed E-state index contributed by atoms with van der Waals surface area (Å²) in [6, 6.07) is 23.3. The highest BCUT2D eigenvalue weighted by molar-refractivity contribution is 7.92. The van der Waals surface area contributed by atoms with Crippen LogP contribution >= 0.6 is 11.6 Å². The average Bonchev–Trinajstić information content (AvgIpc) is 2.93. The quantitative estimate of drug-likeness (QED) is 0.256. The van der Waals surface area contributed by atoms with Crippen molar-refractivity contribution in [1.82, 2.24) is 10.2 Å². The molecule has 3 aromatic carbocycles. The largest absolute Gasteiger partial charge is 0.352 e. The second kappa shape index (κ2) is 15.0. The van der Waals surface area contributed by atoms with Crippen LogP contribution in [0.5, 0.6) is 0 Å². The second-order valence-corrected chi connectivity index (χ2v) is 12.8. The van der Waals surface area contributed by atoms with Gasteiger partial charge < -0.3 is 10.2 Å². The molecule has 0 radical (unpaired) electrons. The lowest BCUT2D eigenvalue weighted by Crippen LogP contribution is -2.52. The maximum absolute atomic E-state index is 13.9. The maximum atomic E-state index is 13.9. The minimum atomic E-state index is -3.56. The van der Waals surface area contributed by atoms with Crippen LogP contribution in [0, 0.1) is 6.92 Å². The summed E-state index contributed by atoms with van der Waals surface area (Å²) in [6.45, 7) is 6.20. The van der Waals surface area contributed by atoms with E-state index in [4.69, 9.17) is 11.6 Å². The Labute approximate surface area is 249 Å². The summed E-state index contributed by atoms with van der Waals surface area (Å²) in [5.41, 5.74) is 3.31. The Morgan fingerprint density at radius 3 is 2.22 bits per heavy atom. The second-order valence-electron chi connectivity index (χ2n) is 10.4. The number of aryl methyl sites for hydroxylation is 1. The summed E-state index contributed by atoms with van der Waals surface area (Å²) < 4.78 is 26.5. The third-order valence-electron chi connectivity index (χ3n) is 6.99. The van der Waals surface area contributed by atoms with E-state index in [1.807, 2.05) is 75.4 Å². The van der Waals surface area contributed by atoms with Gasteiger partial charge in [-0.15, -0.1) is 0 Å². The zero-order valence-corrected chi connectivity index (χ0v) is 25.8. The van der Waals surface area contributed by atoms with Gasteiger partial charge in [0.1, 0.15) is 6.04 Å². The molecule has 1 N–H and O–H groups in total. The van der Waals surface area contributed by atoms with E-state index >= 15 is 0 Å². The summed E-state index contributed by atoms with van der Waals surface area (Å²) in [7, 11) is -3.56. The Morgan fingerprint density at radius 1 is 0.951 bits per heavy atom. The highest BCUT2D eigenvalue weighted by Gasteiger charge is 2.31. The van der Waals surface area contributed by atoms with Gasteiger partial charge in [-0.05, 0) is 62.1 Å². The van der Waals surface area contributed by atoms with Crippen molar-refractivity contribution in [2.45, 2.75) is 65.1 Å². The van der Waals surface area contributed by atoms with Crippen LogP contribution in [-0.4, -0.2) is 50.0 Å². The van der Waals surface area contributed by atoms with Crippen molar-refractivity contribution in [1.29, 1.82) is 0 Å². The molecule has 9 heteroatoms. The van der Waals surface area contributed by atoms with E-state index in [-0.39, 0.29) is 43.8 Å². The van der Waals surface area contributed by atoms with E-state index in [0.717, 1.165) is 29.4 Å². The van der Waals surface area contributed by atoms with Crippen molar-refractivity contribution in [3.8, 4) is 0 Å². The minimum absolute atomic E-state index is 0.0540. The molecule has 0 aliphatic heterocycles. The highest BCUT2D eigenvalue weighted by atomic mass is 35.5. The van der Waals surface area contributed by atoms with Gasteiger partial charge in [0.05, 0.1) is 11.9 Å². The number of nitrogens with zero attached hydrogens (tertiary/aromatic N) is 2. The molecule has 3 aromatic rings. The fourth-order valence-corrected chi connectivity index (χ4v) is 5.72. The first-order valence-electron chi connectivity index (χ1n) is 13.9. The summed E-state index contributed by atoms with van der Waals surface area (Å²) >= 11 is 6.25. The topological polar surface area (TPSA) is 86.8 Å². The molecule has 2 atom stereocenters. The third kappa shape index (κ3) is 9.90. The zero-order chi connectivity index (χ0) is 30.0. The van der Waals surface area contributed by atoms with E-state index in [9.17, 15) is 18.0 Å². The standard InChI is InChI=1S/C32H40ClN3O4S/c1-5-25(3)34-32(38)30(22-26-11-7-6-8-12-26)35(23-27-13-9-14-28(33)21-27)31(37)15-10-20-36(41(4,39)40)29-18-16-24(2)17-19-29/h6-9,11-14,16-19,21,25,30H,5,10,15,20,22-23H2,1-4H3,(H,34,38)/t25-,30+/m1/s1. The summed E-state index contributed by atoms with van der Waals surface area (Å²) in [5.74, 6) is -0.460. The number of amides is 2. The number of nitrogens with one attached hydrogen (secondary N) is 1. The maximum Gasteiger partial charge on any atom is 0.243 e. The van der Waals surface area contributed by atoms with E-state index in [1.54, 1.807) is 29.2 Å². The number of halogens is 1. The van der Waals surface area contributed by atoms with Crippen LogP contribution < -0.4 is 9.62 Å². The molecule has 2 amide bonds. The van der Waals surface area contributed by atoms with Crippen molar-refractivity contribution in [3.63, 3.8) is 0 Å². The Balaban J connectivity index is 1.89. The van der Waals surface area contributed by atoms with Gasteiger partial charge in [0.2, 0.25) is 21.8 Å². The number of carbonyl (C=O) groups excluding carboxylic acids is 2. The number of hydrogen-bond acceptors (Lipinski definition) is 4. The van der Waals surface area contributed by atoms with Crippen molar-refractivity contribution >= 4 is 39.1 Å². The number of anilines is 1. The van der Waals surface area contributed by atoms with Gasteiger partial charge in [-0.25, -0.2) is 8.42 Å². The fourth-order valence-electron chi connectivity index (χ4n) is 4.54. The van der Waals surface area contributed by atoms with Gasteiger partial charge in [0.15, 0.2) is 0 Å². The molecule has 0 spiro atoms. The monoisotopic (exact) mass is 597 g/mol. The van der Waals surface area contributed by atoms with Crippen LogP contribution in [0.4, 0.5) is 5.69 Å². The molecule has 0 heterocycles. The van der Waals surface area contributed by atoms with Crippen LogP contribution in [0.3, 0.4) is 0 Å². The van der Waals surface area contributed by atoms with Crippen LogP contribution in [0.1, 0.15) is 49.8 Å². The molecule has 0 saturated heterocycles. The van der Waals surface area contributed by atoms with Crippen molar-refractivity contribution in [2.24, 2.45) is 0 Å².